The Balaban J connectivity index is 1.59. The van der Waals surface area contributed by atoms with Gasteiger partial charge in [-0.15, -0.1) is 0 Å². The van der Waals surface area contributed by atoms with Crippen molar-refractivity contribution in [1.82, 2.24) is 20.0 Å². The van der Waals surface area contributed by atoms with Gasteiger partial charge >= 0.3 is 0 Å². The fraction of sp³-hybridized carbons (Fsp3) is 0.947. The van der Waals surface area contributed by atoms with E-state index in [-0.39, 0.29) is 11.5 Å². The topological polar surface area (TPSA) is 38.8 Å². The Morgan fingerprint density at radius 3 is 2.50 bits per heavy atom. The monoisotopic (exact) mass is 336 g/mol. The highest BCUT2D eigenvalue weighted by Crippen LogP contribution is 2.31. The molecule has 0 spiro atoms. The summed E-state index contributed by atoms with van der Waals surface area (Å²) in [5.41, 5.74) is 0.128. The zero-order chi connectivity index (χ0) is 17.2. The fourth-order valence-corrected chi connectivity index (χ4v) is 4.96. The van der Waals surface area contributed by atoms with Crippen LogP contribution in [0.2, 0.25) is 0 Å². The van der Waals surface area contributed by atoms with Crippen molar-refractivity contribution in [2.24, 2.45) is 5.92 Å². The standard InChI is InChI=1S/C19H36N4O/c1-21(2)19(9-13-22(3)14-10-19)15-20-18(24)16-7-6-12-23-11-5-4-8-17(16)23/h16-17H,4-15H2,1-3H3,(H,20,24)/t16-,17-/m1/s1. The third kappa shape index (κ3) is 3.78. The van der Waals surface area contributed by atoms with Gasteiger partial charge in [-0.1, -0.05) is 6.42 Å². The SMILES string of the molecule is CN1CCC(CNC(=O)[C@@H]2CCCN3CCCC[C@H]23)(N(C)C)CC1. The van der Waals surface area contributed by atoms with Gasteiger partial charge in [0.05, 0.1) is 5.92 Å². The minimum Gasteiger partial charge on any atom is -0.354 e. The number of fused-ring (bicyclic) bond motifs is 1. The number of nitrogens with zero attached hydrogens (tertiary/aromatic N) is 3. The Kier molecular flexibility index (Phi) is 5.83. The zero-order valence-electron chi connectivity index (χ0n) is 15.9. The maximum Gasteiger partial charge on any atom is 0.224 e. The average molecular weight is 337 g/mol. The normalized spacial score (nSPS) is 31.7. The minimum absolute atomic E-state index is 0.128. The van der Waals surface area contributed by atoms with E-state index in [2.05, 4.69) is 41.2 Å². The summed E-state index contributed by atoms with van der Waals surface area (Å²) in [5, 5.41) is 3.37. The summed E-state index contributed by atoms with van der Waals surface area (Å²) < 4.78 is 0. The third-order valence-corrected chi connectivity index (χ3v) is 6.88. The van der Waals surface area contributed by atoms with Gasteiger partial charge in [0.1, 0.15) is 0 Å². The van der Waals surface area contributed by atoms with Gasteiger partial charge in [-0.25, -0.2) is 0 Å². The number of rotatable bonds is 4. The van der Waals surface area contributed by atoms with Gasteiger partial charge in [0.15, 0.2) is 0 Å². The molecule has 1 amide bonds. The predicted molar refractivity (Wildman–Crippen MR) is 98.1 cm³/mol. The number of likely N-dealkylation sites (N-methyl/N-ethyl adjacent to an activating group) is 1. The van der Waals surface area contributed by atoms with Crippen LogP contribution in [0.5, 0.6) is 0 Å². The van der Waals surface area contributed by atoms with E-state index in [0.29, 0.717) is 11.9 Å². The first-order valence-corrected chi connectivity index (χ1v) is 9.90. The summed E-state index contributed by atoms with van der Waals surface area (Å²) in [7, 11) is 6.53. The Labute approximate surface area is 147 Å². The first-order valence-electron chi connectivity index (χ1n) is 9.90. The van der Waals surface area contributed by atoms with Gasteiger partial charge in [-0.3, -0.25) is 9.69 Å². The highest BCUT2D eigenvalue weighted by molar-refractivity contribution is 5.79. The summed E-state index contributed by atoms with van der Waals surface area (Å²) in [5.74, 6) is 0.524. The van der Waals surface area contributed by atoms with E-state index in [0.717, 1.165) is 38.9 Å². The van der Waals surface area contributed by atoms with Gasteiger partial charge in [0.25, 0.3) is 0 Å². The summed E-state index contributed by atoms with van der Waals surface area (Å²) in [6.45, 7) is 5.43. The van der Waals surface area contributed by atoms with E-state index < -0.39 is 0 Å². The lowest BCUT2D eigenvalue weighted by Crippen LogP contribution is -2.59. The Hall–Kier alpha value is -0.650. The number of amides is 1. The molecule has 24 heavy (non-hydrogen) atoms. The van der Waals surface area contributed by atoms with Gasteiger partial charge < -0.3 is 15.1 Å². The number of carbonyl (C=O) groups excluding carboxylic acids is 1. The highest BCUT2D eigenvalue weighted by atomic mass is 16.2. The van der Waals surface area contributed by atoms with Crippen LogP contribution < -0.4 is 5.32 Å². The first kappa shape index (κ1) is 18.2. The third-order valence-electron chi connectivity index (χ3n) is 6.88. The number of piperidine rings is 3. The van der Waals surface area contributed by atoms with Crippen LogP contribution in [0.15, 0.2) is 0 Å². The molecule has 1 N–H and O–H groups in total. The molecule has 3 saturated heterocycles. The van der Waals surface area contributed by atoms with E-state index in [4.69, 9.17) is 0 Å². The number of nitrogens with one attached hydrogen (secondary N) is 1. The fourth-order valence-electron chi connectivity index (χ4n) is 4.96. The number of likely N-dealkylation sites (tertiary alicyclic amines) is 1. The van der Waals surface area contributed by atoms with Crippen LogP contribution in [0.25, 0.3) is 0 Å². The van der Waals surface area contributed by atoms with Gasteiger partial charge in [0, 0.05) is 18.1 Å². The van der Waals surface area contributed by atoms with Crippen LogP contribution in [0.1, 0.15) is 44.9 Å². The molecular formula is C19H36N4O. The summed E-state index contributed by atoms with van der Waals surface area (Å²) >= 11 is 0. The van der Waals surface area contributed by atoms with Crippen LogP contribution in [-0.4, -0.2) is 86.1 Å². The van der Waals surface area contributed by atoms with E-state index >= 15 is 0 Å². The minimum atomic E-state index is 0.128. The summed E-state index contributed by atoms with van der Waals surface area (Å²) in [4.78, 5) is 20.3. The molecule has 0 saturated carbocycles. The molecule has 3 aliphatic heterocycles. The molecule has 2 atom stereocenters. The molecule has 3 rings (SSSR count). The lowest BCUT2D eigenvalue weighted by atomic mass is 9.82. The molecule has 3 fully saturated rings. The maximum atomic E-state index is 13.0. The molecule has 3 aliphatic rings. The second-order valence-electron chi connectivity index (χ2n) is 8.49. The lowest BCUT2D eigenvalue weighted by Gasteiger charge is -2.47. The Morgan fingerprint density at radius 2 is 1.79 bits per heavy atom. The van der Waals surface area contributed by atoms with Crippen LogP contribution in [0.3, 0.4) is 0 Å². The largest absolute Gasteiger partial charge is 0.354 e. The summed E-state index contributed by atoms with van der Waals surface area (Å²) in [6.07, 6.45) is 8.33. The maximum absolute atomic E-state index is 13.0. The van der Waals surface area contributed by atoms with E-state index in [9.17, 15) is 4.79 Å². The smallest absolute Gasteiger partial charge is 0.224 e. The molecule has 138 valence electrons. The molecule has 0 unspecified atom stereocenters. The van der Waals surface area contributed by atoms with E-state index in [1.807, 2.05) is 0 Å². The summed E-state index contributed by atoms with van der Waals surface area (Å²) in [6, 6.07) is 0.500. The highest BCUT2D eigenvalue weighted by Gasteiger charge is 2.40. The van der Waals surface area contributed by atoms with Crippen molar-refractivity contribution >= 4 is 5.91 Å². The molecular weight excluding hydrogens is 300 g/mol. The van der Waals surface area contributed by atoms with E-state index in [1.54, 1.807) is 0 Å². The van der Waals surface area contributed by atoms with Crippen molar-refractivity contribution in [3.63, 3.8) is 0 Å². The molecule has 0 radical (unpaired) electrons. The molecule has 3 heterocycles. The molecule has 5 heteroatoms. The van der Waals surface area contributed by atoms with Crippen LogP contribution in [-0.2, 0) is 4.79 Å². The van der Waals surface area contributed by atoms with E-state index in [1.165, 1.54) is 38.8 Å². The van der Waals surface area contributed by atoms with Crippen LogP contribution in [0, 0.1) is 5.92 Å². The molecule has 0 aromatic rings. The second kappa shape index (κ2) is 7.71. The number of hydrogen-bond acceptors (Lipinski definition) is 4. The van der Waals surface area contributed by atoms with Crippen molar-refractivity contribution in [3.8, 4) is 0 Å². The Morgan fingerprint density at radius 1 is 1.08 bits per heavy atom. The van der Waals surface area contributed by atoms with Crippen molar-refractivity contribution in [3.05, 3.63) is 0 Å². The molecule has 5 nitrogen and oxygen atoms in total. The van der Waals surface area contributed by atoms with Crippen molar-refractivity contribution in [2.45, 2.75) is 56.5 Å². The number of carbonyl (C=O) groups is 1. The van der Waals surface area contributed by atoms with Gasteiger partial charge in [-0.2, -0.15) is 0 Å². The molecule has 0 bridgehead atoms. The van der Waals surface area contributed by atoms with Crippen molar-refractivity contribution in [2.75, 3.05) is 53.9 Å². The predicted octanol–water partition coefficient (Wildman–Crippen LogP) is 1.39. The molecule has 0 aliphatic carbocycles. The zero-order valence-corrected chi connectivity index (χ0v) is 15.9. The van der Waals surface area contributed by atoms with Crippen LogP contribution in [0.4, 0.5) is 0 Å². The average Bonchev–Trinajstić information content (AvgIpc) is 2.60. The number of hydrogen-bond donors (Lipinski definition) is 1. The van der Waals surface area contributed by atoms with Gasteiger partial charge in [0.2, 0.25) is 5.91 Å². The lowest BCUT2D eigenvalue weighted by molar-refractivity contribution is -0.130. The second-order valence-corrected chi connectivity index (χ2v) is 8.49. The molecule has 0 aromatic heterocycles. The van der Waals surface area contributed by atoms with Crippen molar-refractivity contribution < 1.29 is 4.79 Å². The van der Waals surface area contributed by atoms with Crippen LogP contribution >= 0.6 is 0 Å². The quantitative estimate of drug-likeness (QED) is 0.842. The van der Waals surface area contributed by atoms with Crippen molar-refractivity contribution in [1.29, 1.82) is 0 Å². The van der Waals surface area contributed by atoms with Gasteiger partial charge in [-0.05, 0) is 85.8 Å². The molecule has 0 aromatic carbocycles. The Bertz CT molecular complexity index is 429. The first-order chi connectivity index (χ1) is 11.5.